The number of hydrogen-bond donors (Lipinski definition) is 1. The second-order valence-corrected chi connectivity index (χ2v) is 3.72. The van der Waals surface area contributed by atoms with Crippen molar-refractivity contribution in [3.8, 4) is 0 Å². The van der Waals surface area contributed by atoms with Crippen molar-refractivity contribution in [2.45, 2.75) is 38.9 Å². The van der Waals surface area contributed by atoms with Crippen LogP contribution in [0.2, 0.25) is 0 Å². The van der Waals surface area contributed by atoms with Crippen molar-refractivity contribution in [3.63, 3.8) is 0 Å². The van der Waals surface area contributed by atoms with Crippen LogP contribution in [0.3, 0.4) is 0 Å². The molecule has 0 radical (unpaired) electrons. The van der Waals surface area contributed by atoms with Crippen molar-refractivity contribution in [3.05, 3.63) is 0 Å². The Hall–Kier alpha value is -0.610. The molecule has 0 aromatic heterocycles. The highest BCUT2D eigenvalue weighted by atomic mass is 16.5. The topological polar surface area (TPSA) is 55.6 Å². The van der Waals surface area contributed by atoms with E-state index in [4.69, 9.17) is 10.5 Å². The van der Waals surface area contributed by atoms with E-state index in [0.29, 0.717) is 19.6 Å². The van der Waals surface area contributed by atoms with Crippen LogP contribution >= 0.6 is 0 Å². The van der Waals surface area contributed by atoms with E-state index < -0.39 is 0 Å². The van der Waals surface area contributed by atoms with Gasteiger partial charge in [-0.25, -0.2) is 0 Å². The molecule has 14 heavy (non-hydrogen) atoms. The molecule has 2 unspecified atom stereocenters. The monoisotopic (exact) mass is 200 g/mol. The van der Waals surface area contributed by atoms with Gasteiger partial charge in [-0.15, -0.1) is 0 Å². The van der Waals surface area contributed by atoms with Gasteiger partial charge in [0.05, 0.1) is 6.10 Å². The SMILES string of the molecule is CCN(CCN)C(=O)C1CCC(C)O1. The smallest absolute Gasteiger partial charge is 0.251 e. The summed E-state index contributed by atoms with van der Waals surface area (Å²) in [6, 6.07) is 0. The third-order valence-corrected chi connectivity index (χ3v) is 2.60. The highest BCUT2D eigenvalue weighted by Gasteiger charge is 2.30. The molecule has 2 N–H and O–H groups in total. The molecule has 0 saturated carbocycles. The zero-order chi connectivity index (χ0) is 10.6. The van der Waals surface area contributed by atoms with E-state index in [9.17, 15) is 4.79 Å². The van der Waals surface area contributed by atoms with Crippen molar-refractivity contribution in [2.24, 2.45) is 5.73 Å². The lowest BCUT2D eigenvalue weighted by Crippen LogP contribution is -2.41. The van der Waals surface area contributed by atoms with Gasteiger partial charge in [0.15, 0.2) is 0 Å². The summed E-state index contributed by atoms with van der Waals surface area (Å²) in [5.41, 5.74) is 5.43. The zero-order valence-corrected chi connectivity index (χ0v) is 9.03. The Balaban J connectivity index is 2.45. The van der Waals surface area contributed by atoms with E-state index in [1.54, 1.807) is 4.90 Å². The van der Waals surface area contributed by atoms with Gasteiger partial charge in [0.1, 0.15) is 6.10 Å². The highest BCUT2D eigenvalue weighted by Crippen LogP contribution is 2.20. The number of carbonyl (C=O) groups excluding carboxylic acids is 1. The minimum absolute atomic E-state index is 0.0994. The maximum atomic E-state index is 11.9. The van der Waals surface area contributed by atoms with E-state index in [0.717, 1.165) is 12.8 Å². The average Bonchev–Trinajstić information content (AvgIpc) is 2.60. The van der Waals surface area contributed by atoms with E-state index in [2.05, 4.69) is 0 Å². The Morgan fingerprint density at radius 2 is 2.29 bits per heavy atom. The number of rotatable bonds is 4. The summed E-state index contributed by atoms with van der Waals surface area (Å²) in [7, 11) is 0. The van der Waals surface area contributed by atoms with Crippen LogP contribution in [0.5, 0.6) is 0 Å². The minimum atomic E-state index is -0.225. The van der Waals surface area contributed by atoms with Gasteiger partial charge >= 0.3 is 0 Å². The molecule has 0 aromatic carbocycles. The number of likely N-dealkylation sites (N-methyl/N-ethyl adjacent to an activating group) is 1. The highest BCUT2D eigenvalue weighted by molar-refractivity contribution is 5.81. The molecule has 1 aliphatic heterocycles. The van der Waals surface area contributed by atoms with Crippen molar-refractivity contribution in [1.29, 1.82) is 0 Å². The Morgan fingerprint density at radius 3 is 2.71 bits per heavy atom. The molecule has 0 bridgehead atoms. The van der Waals surface area contributed by atoms with Gasteiger partial charge in [0.25, 0.3) is 5.91 Å². The Bertz CT molecular complexity index is 191. The van der Waals surface area contributed by atoms with Crippen LogP contribution in [0.25, 0.3) is 0 Å². The van der Waals surface area contributed by atoms with Crippen molar-refractivity contribution >= 4 is 5.91 Å². The van der Waals surface area contributed by atoms with E-state index in [1.807, 2.05) is 13.8 Å². The van der Waals surface area contributed by atoms with Crippen molar-refractivity contribution < 1.29 is 9.53 Å². The number of nitrogens with zero attached hydrogens (tertiary/aromatic N) is 1. The lowest BCUT2D eigenvalue weighted by atomic mass is 10.2. The quantitative estimate of drug-likeness (QED) is 0.713. The molecule has 4 nitrogen and oxygen atoms in total. The molecule has 82 valence electrons. The summed E-state index contributed by atoms with van der Waals surface area (Å²) < 4.78 is 5.52. The molecular weight excluding hydrogens is 180 g/mol. The van der Waals surface area contributed by atoms with Crippen LogP contribution in [0.4, 0.5) is 0 Å². The van der Waals surface area contributed by atoms with Gasteiger partial charge in [0, 0.05) is 19.6 Å². The van der Waals surface area contributed by atoms with Gasteiger partial charge in [-0.1, -0.05) is 0 Å². The van der Waals surface area contributed by atoms with E-state index in [1.165, 1.54) is 0 Å². The summed E-state index contributed by atoms with van der Waals surface area (Å²) in [5, 5.41) is 0. The molecule has 0 aliphatic carbocycles. The number of amides is 1. The summed E-state index contributed by atoms with van der Waals surface area (Å²) in [6.45, 7) is 5.83. The molecule has 4 heteroatoms. The minimum Gasteiger partial charge on any atom is -0.365 e. The second-order valence-electron chi connectivity index (χ2n) is 3.72. The maximum Gasteiger partial charge on any atom is 0.251 e. The Morgan fingerprint density at radius 1 is 1.57 bits per heavy atom. The van der Waals surface area contributed by atoms with Crippen LogP contribution in [-0.2, 0) is 9.53 Å². The first-order valence-electron chi connectivity index (χ1n) is 5.33. The number of carbonyl (C=O) groups is 1. The molecule has 1 aliphatic rings. The lowest BCUT2D eigenvalue weighted by Gasteiger charge is -2.23. The summed E-state index contributed by atoms with van der Waals surface area (Å²) >= 11 is 0. The molecular formula is C10H20N2O2. The fraction of sp³-hybridized carbons (Fsp3) is 0.900. The van der Waals surface area contributed by atoms with E-state index >= 15 is 0 Å². The number of hydrogen-bond acceptors (Lipinski definition) is 3. The molecule has 1 amide bonds. The van der Waals surface area contributed by atoms with Gasteiger partial charge in [-0.3, -0.25) is 4.79 Å². The fourth-order valence-electron chi connectivity index (χ4n) is 1.77. The summed E-state index contributed by atoms with van der Waals surface area (Å²) in [5.74, 6) is 0.0994. The molecule has 0 spiro atoms. The van der Waals surface area contributed by atoms with Crippen LogP contribution in [0.15, 0.2) is 0 Å². The van der Waals surface area contributed by atoms with Crippen LogP contribution in [0.1, 0.15) is 26.7 Å². The second kappa shape index (κ2) is 5.32. The summed E-state index contributed by atoms with van der Waals surface area (Å²) in [6.07, 6.45) is 1.83. The first-order chi connectivity index (χ1) is 6.69. The van der Waals surface area contributed by atoms with Gasteiger partial charge in [-0.05, 0) is 26.7 Å². The predicted octanol–water partition coefficient (Wildman–Crippen LogP) is 0.361. The average molecular weight is 200 g/mol. The van der Waals surface area contributed by atoms with Crippen LogP contribution < -0.4 is 5.73 Å². The van der Waals surface area contributed by atoms with Crippen LogP contribution in [-0.4, -0.2) is 42.6 Å². The number of ether oxygens (including phenoxy) is 1. The molecule has 1 heterocycles. The summed E-state index contributed by atoms with van der Waals surface area (Å²) in [4.78, 5) is 13.6. The third kappa shape index (κ3) is 2.69. The Kier molecular flexibility index (Phi) is 4.35. The van der Waals surface area contributed by atoms with Gasteiger partial charge in [-0.2, -0.15) is 0 Å². The zero-order valence-electron chi connectivity index (χ0n) is 9.03. The molecule has 1 saturated heterocycles. The van der Waals surface area contributed by atoms with E-state index in [-0.39, 0.29) is 18.1 Å². The van der Waals surface area contributed by atoms with Crippen LogP contribution in [0, 0.1) is 0 Å². The molecule has 2 atom stereocenters. The lowest BCUT2D eigenvalue weighted by molar-refractivity contribution is -0.142. The first kappa shape index (κ1) is 11.5. The van der Waals surface area contributed by atoms with Crippen molar-refractivity contribution in [2.75, 3.05) is 19.6 Å². The third-order valence-electron chi connectivity index (χ3n) is 2.60. The van der Waals surface area contributed by atoms with Gasteiger partial charge in [0.2, 0.25) is 0 Å². The normalized spacial score (nSPS) is 26.5. The predicted molar refractivity (Wildman–Crippen MR) is 54.9 cm³/mol. The molecule has 0 aromatic rings. The number of nitrogens with two attached hydrogens (primary N) is 1. The van der Waals surface area contributed by atoms with Gasteiger partial charge < -0.3 is 15.4 Å². The Labute approximate surface area is 85.4 Å². The largest absolute Gasteiger partial charge is 0.365 e. The molecule has 1 fully saturated rings. The molecule has 1 rings (SSSR count). The first-order valence-corrected chi connectivity index (χ1v) is 5.33. The fourth-order valence-corrected chi connectivity index (χ4v) is 1.77. The maximum absolute atomic E-state index is 11.9. The van der Waals surface area contributed by atoms with Crippen molar-refractivity contribution in [1.82, 2.24) is 4.90 Å². The standard InChI is InChI=1S/C10H20N2O2/c1-3-12(7-6-11)10(13)9-5-4-8(2)14-9/h8-9H,3-7,11H2,1-2H3.